The molecular weight excluding hydrogens is 298 g/mol. The lowest BCUT2D eigenvalue weighted by atomic mass is 9.78. The van der Waals surface area contributed by atoms with Gasteiger partial charge in [0.25, 0.3) is 11.5 Å². The molecule has 7 heteroatoms. The number of carbonyl (C=O) groups is 1. The molecule has 1 aromatic heterocycles. The van der Waals surface area contributed by atoms with Crippen LogP contribution >= 0.6 is 0 Å². The minimum atomic E-state index is -0.530. The Hall–Kier alpha value is -2.15. The van der Waals surface area contributed by atoms with Crippen LogP contribution in [-0.2, 0) is 14.1 Å². The molecule has 0 aliphatic carbocycles. The van der Waals surface area contributed by atoms with Crippen molar-refractivity contribution in [1.29, 1.82) is 0 Å². The largest absolute Gasteiger partial charge is 0.396 e. The van der Waals surface area contributed by atoms with Gasteiger partial charge in [-0.1, -0.05) is 6.08 Å². The molecule has 1 amide bonds. The molecule has 1 aliphatic rings. The zero-order valence-corrected chi connectivity index (χ0v) is 13.6. The number of allylic oxidation sites excluding steroid dienone is 1. The summed E-state index contributed by atoms with van der Waals surface area (Å²) >= 11 is 0. The number of rotatable bonds is 4. The second-order valence-corrected chi connectivity index (χ2v) is 6.25. The average molecular weight is 321 g/mol. The highest BCUT2D eigenvalue weighted by molar-refractivity contribution is 5.92. The molecule has 1 aromatic rings. The molecule has 0 bridgehead atoms. The van der Waals surface area contributed by atoms with Gasteiger partial charge in [0.1, 0.15) is 5.69 Å². The maximum Gasteiger partial charge on any atom is 0.331 e. The molecule has 1 saturated heterocycles. The molecule has 0 saturated carbocycles. The SMILES string of the molecule is C=CCC1(CO)CCCN(C(=O)c2cc(=O)n(C)c(=O)n2C)C1. The fourth-order valence-corrected chi connectivity index (χ4v) is 3.15. The van der Waals surface area contributed by atoms with E-state index in [1.54, 1.807) is 11.0 Å². The normalized spacial score (nSPS) is 21.3. The molecule has 1 aliphatic heterocycles. The van der Waals surface area contributed by atoms with Gasteiger partial charge in [-0.3, -0.25) is 18.7 Å². The number of likely N-dealkylation sites (tertiary alicyclic amines) is 1. The number of aliphatic hydroxyl groups is 1. The molecule has 2 heterocycles. The summed E-state index contributed by atoms with van der Waals surface area (Å²) in [4.78, 5) is 38.2. The third kappa shape index (κ3) is 3.14. The Morgan fingerprint density at radius 3 is 2.70 bits per heavy atom. The van der Waals surface area contributed by atoms with Gasteiger partial charge >= 0.3 is 5.69 Å². The molecule has 126 valence electrons. The zero-order chi connectivity index (χ0) is 17.2. The number of hydrogen-bond acceptors (Lipinski definition) is 4. The van der Waals surface area contributed by atoms with Crippen molar-refractivity contribution in [1.82, 2.24) is 14.0 Å². The monoisotopic (exact) mass is 321 g/mol. The first kappa shape index (κ1) is 17.2. The summed E-state index contributed by atoms with van der Waals surface area (Å²) in [5, 5.41) is 9.73. The van der Waals surface area contributed by atoms with Crippen LogP contribution in [0.1, 0.15) is 29.8 Å². The molecule has 0 radical (unpaired) electrons. The molecule has 2 rings (SSSR count). The number of piperidine rings is 1. The van der Waals surface area contributed by atoms with Crippen LogP contribution in [0.25, 0.3) is 0 Å². The van der Waals surface area contributed by atoms with Gasteiger partial charge in [-0.05, 0) is 19.3 Å². The van der Waals surface area contributed by atoms with Gasteiger partial charge in [-0.2, -0.15) is 0 Å². The molecule has 1 N–H and O–H groups in total. The van der Waals surface area contributed by atoms with Crippen LogP contribution in [0.4, 0.5) is 0 Å². The first-order chi connectivity index (χ1) is 10.8. The van der Waals surface area contributed by atoms with Crippen molar-refractivity contribution in [2.75, 3.05) is 19.7 Å². The van der Waals surface area contributed by atoms with Crippen LogP contribution in [-0.4, -0.2) is 44.7 Å². The third-order valence-corrected chi connectivity index (χ3v) is 4.61. The lowest BCUT2D eigenvalue weighted by Crippen LogP contribution is -2.49. The van der Waals surface area contributed by atoms with Crippen LogP contribution < -0.4 is 11.2 Å². The second-order valence-electron chi connectivity index (χ2n) is 6.25. The van der Waals surface area contributed by atoms with E-state index in [4.69, 9.17) is 0 Å². The predicted molar refractivity (Wildman–Crippen MR) is 86.4 cm³/mol. The van der Waals surface area contributed by atoms with Crippen molar-refractivity contribution >= 4 is 5.91 Å². The summed E-state index contributed by atoms with van der Waals surface area (Å²) in [6.45, 7) is 4.62. The minimum absolute atomic E-state index is 0.0295. The predicted octanol–water partition coefficient (Wildman–Crippen LogP) is -0.125. The maximum atomic E-state index is 12.8. The van der Waals surface area contributed by atoms with E-state index >= 15 is 0 Å². The van der Waals surface area contributed by atoms with Crippen LogP contribution in [0.3, 0.4) is 0 Å². The topological polar surface area (TPSA) is 84.5 Å². The van der Waals surface area contributed by atoms with E-state index in [9.17, 15) is 19.5 Å². The first-order valence-corrected chi connectivity index (χ1v) is 7.63. The fourth-order valence-electron chi connectivity index (χ4n) is 3.15. The standard InChI is InChI=1S/C16H23N3O4/c1-4-6-16(11-20)7-5-8-19(10-16)14(22)12-9-13(21)18(3)15(23)17(12)2/h4,9,20H,1,5-8,10-11H2,2-3H3. The first-order valence-electron chi connectivity index (χ1n) is 7.63. The fraction of sp³-hybridized carbons (Fsp3) is 0.562. The highest BCUT2D eigenvalue weighted by Gasteiger charge is 2.36. The number of carbonyl (C=O) groups excluding carboxylic acids is 1. The molecule has 0 spiro atoms. The van der Waals surface area contributed by atoms with Crippen LogP contribution in [0.5, 0.6) is 0 Å². The molecule has 1 atom stereocenters. The Morgan fingerprint density at radius 2 is 2.09 bits per heavy atom. The number of hydrogen-bond donors (Lipinski definition) is 1. The summed E-state index contributed by atoms with van der Waals surface area (Å²) in [6.07, 6.45) is 3.94. The maximum absolute atomic E-state index is 12.8. The summed E-state index contributed by atoms with van der Waals surface area (Å²) < 4.78 is 2.15. The minimum Gasteiger partial charge on any atom is -0.396 e. The van der Waals surface area contributed by atoms with Crippen molar-refractivity contribution in [3.8, 4) is 0 Å². The Labute approximate surface area is 134 Å². The van der Waals surface area contributed by atoms with Crippen molar-refractivity contribution in [3.63, 3.8) is 0 Å². The van der Waals surface area contributed by atoms with E-state index in [2.05, 4.69) is 6.58 Å². The highest BCUT2D eigenvalue weighted by atomic mass is 16.3. The van der Waals surface area contributed by atoms with Gasteiger partial charge in [0.2, 0.25) is 0 Å². The third-order valence-electron chi connectivity index (χ3n) is 4.61. The zero-order valence-electron chi connectivity index (χ0n) is 13.6. The van der Waals surface area contributed by atoms with Crippen LogP contribution in [0, 0.1) is 5.41 Å². The number of nitrogens with zero attached hydrogens (tertiary/aromatic N) is 3. The summed E-state index contributed by atoms with van der Waals surface area (Å²) in [6, 6.07) is 1.19. The lowest BCUT2D eigenvalue weighted by Gasteiger charge is -2.41. The Morgan fingerprint density at radius 1 is 1.39 bits per heavy atom. The van der Waals surface area contributed by atoms with E-state index in [0.717, 1.165) is 17.4 Å². The van der Waals surface area contributed by atoms with Gasteiger partial charge in [0.05, 0.1) is 6.61 Å². The number of amides is 1. The van der Waals surface area contributed by atoms with Gasteiger partial charge < -0.3 is 10.0 Å². The molecule has 23 heavy (non-hydrogen) atoms. The van der Waals surface area contributed by atoms with Gasteiger partial charge in [0.15, 0.2) is 0 Å². The van der Waals surface area contributed by atoms with Gasteiger partial charge in [-0.15, -0.1) is 6.58 Å². The molecule has 0 aromatic carbocycles. The van der Waals surface area contributed by atoms with Crippen molar-refractivity contribution in [2.24, 2.45) is 19.5 Å². The van der Waals surface area contributed by atoms with E-state index in [0.29, 0.717) is 19.5 Å². The van der Waals surface area contributed by atoms with Crippen molar-refractivity contribution in [2.45, 2.75) is 19.3 Å². The van der Waals surface area contributed by atoms with Crippen LogP contribution in [0.2, 0.25) is 0 Å². The average Bonchev–Trinajstić information content (AvgIpc) is 2.56. The van der Waals surface area contributed by atoms with E-state index in [-0.39, 0.29) is 18.2 Å². The molecule has 7 nitrogen and oxygen atoms in total. The smallest absolute Gasteiger partial charge is 0.331 e. The Balaban J connectivity index is 2.36. The Kier molecular flexibility index (Phi) is 4.89. The summed E-state index contributed by atoms with van der Waals surface area (Å²) in [7, 11) is 2.85. The lowest BCUT2D eigenvalue weighted by molar-refractivity contribution is 0.0278. The van der Waals surface area contributed by atoms with Crippen LogP contribution in [0.15, 0.2) is 28.3 Å². The number of aliphatic hydroxyl groups excluding tert-OH is 1. The van der Waals surface area contributed by atoms with Crippen molar-refractivity contribution < 1.29 is 9.90 Å². The molecule has 1 fully saturated rings. The quantitative estimate of drug-likeness (QED) is 0.783. The highest BCUT2D eigenvalue weighted by Crippen LogP contribution is 2.33. The molecule has 1 unspecified atom stereocenters. The second kappa shape index (κ2) is 6.54. The Bertz CT molecular complexity index is 734. The van der Waals surface area contributed by atoms with Gasteiger partial charge in [-0.25, -0.2) is 4.79 Å². The summed E-state index contributed by atoms with van der Waals surface area (Å²) in [5.74, 6) is -0.358. The number of aromatic nitrogens is 2. The van der Waals surface area contributed by atoms with E-state index in [1.165, 1.54) is 24.7 Å². The molecular formula is C16H23N3O4. The van der Waals surface area contributed by atoms with Crippen molar-refractivity contribution in [3.05, 3.63) is 45.3 Å². The van der Waals surface area contributed by atoms with E-state index < -0.39 is 16.7 Å². The summed E-state index contributed by atoms with van der Waals surface area (Å²) in [5.41, 5.74) is -1.36. The van der Waals surface area contributed by atoms with Gasteiger partial charge in [0, 0.05) is 38.7 Å². The van der Waals surface area contributed by atoms with E-state index in [1.807, 2.05) is 0 Å².